The van der Waals surface area contributed by atoms with Crippen molar-refractivity contribution in [2.75, 3.05) is 62.7 Å². The molecule has 4 aromatic carbocycles. The van der Waals surface area contributed by atoms with E-state index in [1.54, 1.807) is 35.5 Å². The number of hydrogen-bond donors (Lipinski definition) is 1. The molecule has 6 rings (SSSR count). The van der Waals surface area contributed by atoms with Crippen LogP contribution < -0.4 is 23.7 Å². The van der Waals surface area contributed by atoms with Gasteiger partial charge in [0.25, 0.3) is 0 Å². The number of nitrogens with zero attached hydrogens (tertiary/aromatic N) is 2. The van der Waals surface area contributed by atoms with E-state index >= 15 is 0 Å². The Morgan fingerprint density at radius 3 is 1.45 bits per heavy atom. The van der Waals surface area contributed by atoms with Crippen molar-refractivity contribution < 1.29 is 28.8 Å². The third-order valence-electron chi connectivity index (χ3n) is 10.0. The Kier molecular flexibility index (Phi) is 9.52. The topological polar surface area (TPSA) is 72.9 Å². The van der Waals surface area contributed by atoms with Crippen molar-refractivity contribution in [1.29, 1.82) is 0 Å². The Balaban J connectivity index is 1.36. The number of rotatable bonds is 10. The maximum absolute atomic E-state index is 10.4. The third-order valence-corrected chi connectivity index (χ3v) is 10.0. The van der Waals surface area contributed by atoms with Gasteiger partial charge in [0.15, 0.2) is 23.0 Å². The first-order chi connectivity index (χ1) is 22.8. The molecule has 1 N–H and O–H groups in total. The third kappa shape index (κ3) is 6.32. The molecular formula is C39H46N2O6. The second-order valence-corrected chi connectivity index (χ2v) is 12.6. The van der Waals surface area contributed by atoms with Crippen molar-refractivity contribution in [2.24, 2.45) is 0 Å². The number of likely N-dealkylation sites (N-methyl/N-ethyl adjacent to an activating group) is 2. The van der Waals surface area contributed by atoms with Crippen molar-refractivity contribution in [3.63, 3.8) is 0 Å². The molecule has 2 heterocycles. The molecule has 0 amide bonds. The fourth-order valence-electron chi connectivity index (χ4n) is 7.32. The predicted molar refractivity (Wildman–Crippen MR) is 185 cm³/mol. The maximum atomic E-state index is 10.4. The van der Waals surface area contributed by atoms with E-state index in [0.29, 0.717) is 5.75 Å². The highest BCUT2D eigenvalue weighted by Crippen LogP contribution is 2.43. The van der Waals surface area contributed by atoms with Gasteiger partial charge in [-0.15, -0.1) is 0 Å². The minimum absolute atomic E-state index is 0.139. The van der Waals surface area contributed by atoms with E-state index < -0.39 is 0 Å². The van der Waals surface area contributed by atoms with Gasteiger partial charge in [-0.3, -0.25) is 9.80 Å². The van der Waals surface area contributed by atoms with Gasteiger partial charge in [-0.05, 0) is 122 Å². The van der Waals surface area contributed by atoms with Crippen LogP contribution in [0.25, 0.3) is 11.1 Å². The number of ether oxygens (including phenoxy) is 5. The highest BCUT2D eigenvalue weighted by Gasteiger charge is 2.29. The lowest BCUT2D eigenvalue weighted by Gasteiger charge is -2.35. The molecule has 0 spiro atoms. The van der Waals surface area contributed by atoms with Gasteiger partial charge in [0.05, 0.1) is 35.5 Å². The Morgan fingerprint density at radius 2 is 0.979 bits per heavy atom. The van der Waals surface area contributed by atoms with Gasteiger partial charge in [-0.2, -0.15) is 0 Å². The molecular weight excluding hydrogens is 592 g/mol. The molecule has 47 heavy (non-hydrogen) atoms. The lowest BCUT2D eigenvalue weighted by Crippen LogP contribution is -2.33. The second-order valence-electron chi connectivity index (χ2n) is 12.6. The second kappa shape index (κ2) is 13.8. The maximum Gasteiger partial charge on any atom is 0.161 e. The summed E-state index contributed by atoms with van der Waals surface area (Å²) in [6, 6.07) is 21.4. The van der Waals surface area contributed by atoms with E-state index in [4.69, 9.17) is 23.7 Å². The zero-order valence-corrected chi connectivity index (χ0v) is 28.6. The Hall–Kier alpha value is -4.40. The number of methoxy groups -OCH3 is 5. The summed E-state index contributed by atoms with van der Waals surface area (Å²) < 4.78 is 28.6. The van der Waals surface area contributed by atoms with Crippen LogP contribution in [-0.2, 0) is 25.7 Å². The normalized spacial score (nSPS) is 17.9. The smallest absolute Gasteiger partial charge is 0.161 e. The van der Waals surface area contributed by atoms with Crippen LogP contribution in [-0.4, -0.2) is 77.6 Å². The molecule has 4 aromatic rings. The summed E-state index contributed by atoms with van der Waals surface area (Å²) in [6.45, 7) is 1.88. The summed E-state index contributed by atoms with van der Waals surface area (Å²) in [5.74, 6) is 3.82. The number of phenols is 1. The fraction of sp³-hybridized carbons (Fsp3) is 0.385. The SMILES string of the molecule is COc1cc2c(cc1O)CCN(C)C2Cc1ccc(OC)c(-c2cc(CC3c4cc(OC)c(OC)cc4CCN3C)ccc2OC)c1. The number of aromatic hydroxyl groups is 1. The van der Waals surface area contributed by atoms with Gasteiger partial charge in [-0.1, -0.05) is 12.1 Å². The van der Waals surface area contributed by atoms with Crippen LogP contribution >= 0.6 is 0 Å². The monoisotopic (exact) mass is 638 g/mol. The Bertz CT molecular complexity index is 1750. The van der Waals surface area contributed by atoms with Crippen molar-refractivity contribution in [3.05, 3.63) is 94.0 Å². The Morgan fingerprint density at radius 1 is 0.553 bits per heavy atom. The van der Waals surface area contributed by atoms with Gasteiger partial charge in [0, 0.05) is 36.3 Å². The predicted octanol–water partition coefficient (Wildman–Crippen LogP) is 6.65. The molecule has 8 heteroatoms. The van der Waals surface area contributed by atoms with Crippen molar-refractivity contribution >= 4 is 0 Å². The zero-order valence-electron chi connectivity index (χ0n) is 28.6. The highest BCUT2D eigenvalue weighted by atomic mass is 16.5. The minimum Gasteiger partial charge on any atom is -0.504 e. The lowest BCUT2D eigenvalue weighted by atomic mass is 9.87. The largest absolute Gasteiger partial charge is 0.504 e. The summed E-state index contributed by atoms with van der Waals surface area (Å²) >= 11 is 0. The van der Waals surface area contributed by atoms with Crippen molar-refractivity contribution in [2.45, 2.75) is 37.8 Å². The van der Waals surface area contributed by atoms with Crippen LogP contribution in [0.5, 0.6) is 34.5 Å². The molecule has 0 bridgehead atoms. The van der Waals surface area contributed by atoms with Gasteiger partial charge in [0.1, 0.15) is 11.5 Å². The molecule has 0 aromatic heterocycles. The molecule has 0 saturated heterocycles. The summed E-state index contributed by atoms with van der Waals surface area (Å²) in [6.07, 6.45) is 3.48. The first-order valence-electron chi connectivity index (χ1n) is 16.2. The lowest BCUT2D eigenvalue weighted by molar-refractivity contribution is 0.228. The molecule has 248 valence electrons. The van der Waals surface area contributed by atoms with Crippen molar-refractivity contribution in [1.82, 2.24) is 9.80 Å². The number of benzene rings is 4. The van der Waals surface area contributed by atoms with Crippen LogP contribution in [0, 0.1) is 0 Å². The standard InChI is InChI=1S/C39H46N2O6/c1-40-14-12-26-20-34(42)37(45-5)22-28(26)32(40)18-24-8-10-35(43-3)30(16-24)31-17-25(9-11-36(31)44-4)19-33-29-23-39(47-7)38(46-6)21-27(29)13-15-41(33)2/h8-11,16-17,20-23,32-33,42H,12-15,18-19H2,1-7H3. The number of phenolic OH excluding ortho intramolecular Hbond substituents is 1. The molecule has 0 saturated carbocycles. The molecule has 2 atom stereocenters. The molecule has 2 aliphatic rings. The van der Waals surface area contributed by atoms with Crippen molar-refractivity contribution in [3.8, 4) is 45.6 Å². The minimum atomic E-state index is 0.139. The van der Waals surface area contributed by atoms with E-state index in [0.717, 1.165) is 72.9 Å². The molecule has 2 unspecified atom stereocenters. The number of hydrogen-bond acceptors (Lipinski definition) is 8. The van der Waals surface area contributed by atoms with Gasteiger partial charge in [-0.25, -0.2) is 0 Å². The molecule has 0 radical (unpaired) electrons. The molecule has 0 aliphatic carbocycles. The highest BCUT2D eigenvalue weighted by molar-refractivity contribution is 5.77. The average Bonchev–Trinajstić information content (AvgIpc) is 3.09. The average molecular weight is 639 g/mol. The van der Waals surface area contributed by atoms with E-state index in [9.17, 15) is 5.11 Å². The molecule has 0 fully saturated rings. The van der Waals surface area contributed by atoms with Crippen LogP contribution in [0.4, 0.5) is 0 Å². The summed E-state index contributed by atoms with van der Waals surface area (Å²) in [4.78, 5) is 4.81. The van der Waals surface area contributed by atoms with E-state index in [1.165, 1.54) is 33.4 Å². The summed E-state index contributed by atoms with van der Waals surface area (Å²) in [7, 11) is 12.8. The van der Waals surface area contributed by atoms with E-state index in [2.05, 4.69) is 72.4 Å². The fourth-order valence-corrected chi connectivity index (χ4v) is 7.32. The first kappa shape index (κ1) is 32.5. The van der Waals surface area contributed by atoms with Crippen LogP contribution in [0.15, 0.2) is 60.7 Å². The zero-order chi connectivity index (χ0) is 33.2. The van der Waals surface area contributed by atoms with Crippen LogP contribution in [0.2, 0.25) is 0 Å². The van der Waals surface area contributed by atoms with Gasteiger partial charge in [0.2, 0.25) is 0 Å². The van der Waals surface area contributed by atoms with Gasteiger partial charge < -0.3 is 28.8 Å². The van der Waals surface area contributed by atoms with Gasteiger partial charge >= 0.3 is 0 Å². The summed E-state index contributed by atoms with van der Waals surface area (Å²) in [5.41, 5.74) is 9.32. The van der Waals surface area contributed by atoms with E-state index in [1.807, 2.05) is 12.1 Å². The number of fused-ring (bicyclic) bond motifs is 2. The first-order valence-corrected chi connectivity index (χ1v) is 16.2. The van der Waals surface area contributed by atoms with E-state index in [-0.39, 0.29) is 17.8 Å². The van der Waals surface area contributed by atoms with Crippen LogP contribution in [0.3, 0.4) is 0 Å². The molecule has 2 aliphatic heterocycles. The summed E-state index contributed by atoms with van der Waals surface area (Å²) in [5, 5.41) is 10.4. The Labute approximate surface area is 278 Å². The van der Waals surface area contributed by atoms with Crippen LogP contribution in [0.1, 0.15) is 45.5 Å². The quantitative estimate of drug-likeness (QED) is 0.207. The molecule has 8 nitrogen and oxygen atoms in total.